The van der Waals surface area contributed by atoms with Crippen molar-refractivity contribution in [2.24, 2.45) is 0 Å². The van der Waals surface area contributed by atoms with Gasteiger partial charge in [0.05, 0.1) is 11.0 Å². The van der Waals surface area contributed by atoms with Crippen molar-refractivity contribution in [1.82, 2.24) is 15.0 Å². The fourth-order valence-corrected chi connectivity index (χ4v) is 3.60. The van der Waals surface area contributed by atoms with Gasteiger partial charge in [0.25, 0.3) is 0 Å². The standard InChI is InChI=1S/C21H19N3S/c1-2-10-25-18-8-9-19-20(12-18)24-21(23-19)17-11-16(13-22-14-17)15-6-4-3-5-7-15/h3-9,11-14H,2,10H2,1H3,(H,23,24). The highest BCUT2D eigenvalue weighted by atomic mass is 32.2. The molecule has 0 saturated heterocycles. The Bertz CT molecular complexity index is 992. The molecule has 4 aromatic rings. The summed E-state index contributed by atoms with van der Waals surface area (Å²) in [6.45, 7) is 2.20. The van der Waals surface area contributed by atoms with Crippen LogP contribution in [-0.2, 0) is 0 Å². The van der Waals surface area contributed by atoms with E-state index in [1.54, 1.807) is 0 Å². The number of aromatic amines is 1. The highest BCUT2D eigenvalue weighted by Gasteiger charge is 2.08. The zero-order valence-electron chi connectivity index (χ0n) is 14.1. The van der Waals surface area contributed by atoms with Gasteiger partial charge in [-0.05, 0) is 42.0 Å². The van der Waals surface area contributed by atoms with Crippen molar-refractivity contribution < 1.29 is 0 Å². The number of nitrogens with one attached hydrogen (secondary N) is 1. The smallest absolute Gasteiger partial charge is 0.140 e. The molecule has 0 unspecified atom stereocenters. The van der Waals surface area contributed by atoms with E-state index < -0.39 is 0 Å². The molecule has 0 atom stereocenters. The van der Waals surface area contributed by atoms with Crippen LogP contribution in [0.2, 0.25) is 0 Å². The van der Waals surface area contributed by atoms with Crippen molar-refractivity contribution in [3.63, 3.8) is 0 Å². The van der Waals surface area contributed by atoms with Gasteiger partial charge in [-0.25, -0.2) is 4.98 Å². The molecule has 0 saturated carbocycles. The quantitative estimate of drug-likeness (QED) is 0.465. The second kappa shape index (κ2) is 7.11. The Morgan fingerprint density at radius 3 is 2.60 bits per heavy atom. The first kappa shape index (κ1) is 15.9. The first-order valence-corrected chi connectivity index (χ1v) is 9.45. The second-order valence-corrected chi connectivity index (χ2v) is 7.11. The lowest BCUT2D eigenvalue weighted by Crippen LogP contribution is -1.85. The van der Waals surface area contributed by atoms with E-state index in [0.717, 1.165) is 39.3 Å². The topological polar surface area (TPSA) is 41.6 Å². The lowest BCUT2D eigenvalue weighted by Gasteiger charge is -2.02. The van der Waals surface area contributed by atoms with Crippen LogP contribution in [0.3, 0.4) is 0 Å². The summed E-state index contributed by atoms with van der Waals surface area (Å²) in [5.74, 6) is 1.99. The molecule has 2 aromatic carbocycles. The minimum absolute atomic E-state index is 0.859. The number of benzene rings is 2. The molecule has 0 radical (unpaired) electrons. The molecule has 124 valence electrons. The van der Waals surface area contributed by atoms with Crippen molar-refractivity contribution in [3.05, 3.63) is 67.0 Å². The molecule has 0 amide bonds. The number of hydrogen-bond donors (Lipinski definition) is 1. The Balaban J connectivity index is 1.70. The third-order valence-electron chi connectivity index (χ3n) is 4.05. The van der Waals surface area contributed by atoms with Gasteiger partial charge < -0.3 is 4.98 Å². The zero-order chi connectivity index (χ0) is 17.1. The summed E-state index contributed by atoms with van der Waals surface area (Å²) in [5, 5.41) is 0. The van der Waals surface area contributed by atoms with Gasteiger partial charge in [0.1, 0.15) is 5.82 Å². The Morgan fingerprint density at radius 2 is 1.76 bits per heavy atom. The van der Waals surface area contributed by atoms with Gasteiger partial charge >= 0.3 is 0 Å². The summed E-state index contributed by atoms with van der Waals surface area (Å²) in [7, 11) is 0. The Kier molecular flexibility index (Phi) is 4.53. The average Bonchev–Trinajstić information content (AvgIpc) is 3.10. The van der Waals surface area contributed by atoms with E-state index in [2.05, 4.69) is 53.3 Å². The van der Waals surface area contributed by atoms with Crippen molar-refractivity contribution in [2.75, 3.05) is 5.75 Å². The molecule has 0 aliphatic rings. The van der Waals surface area contributed by atoms with Gasteiger partial charge in [-0.15, -0.1) is 11.8 Å². The Hall–Kier alpha value is -2.59. The van der Waals surface area contributed by atoms with E-state index in [1.807, 2.05) is 42.4 Å². The summed E-state index contributed by atoms with van der Waals surface area (Å²) in [5.41, 5.74) is 5.31. The normalized spacial score (nSPS) is 11.1. The third-order valence-corrected chi connectivity index (χ3v) is 5.24. The largest absolute Gasteiger partial charge is 0.338 e. The number of nitrogens with zero attached hydrogens (tertiary/aromatic N) is 2. The predicted octanol–water partition coefficient (Wildman–Crippen LogP) is 5.79. The van der Waals surface area contributed by atoms with Crippen LogP contribution in [0.4, 0.5) is 0 Å². The molecular weight excluding hydrogens is 326 g/mol. The molecule has 25 heavy (non-hydrogen) atoms. The first-order chi connectivity index (χ1) is 12.3. The number of thioether (sulfide) groups is 1. The fraction of sp³-hybridized carbons (Fsp3) is 0.143. The molecule has 3 nitrogen and oxygen atoms in total. The molecule has 2 heterocycles. The van der Waals surface area contributed by atoms with Crippen LogP contribution in [0, 0.1) is 0 Å². The number of aromatic nitrogens is 3. The molecule has 0 bridgehead atoms. The number of fused-ring (bicyclic) bond motifs is 1. The molecule has 0 aliphatic heterocycles. The van der Waals surface area contributed by atoms with Crippen LogP contribution in [0.15, 0.2) is 71.9 Å². The monoisotopic (exact) mass is 345 g/mol. The van der Waals surface area contributed by atoms with Crippen LogP contribution in [0.25, 0.3) is 33.5 Å². The summed E-state index contributed by atoms with van der Waals surface area (Å²) < 4.78 is 0. The molecule has 1 N–H and O–H groups in total. The maximum absolute atomic E-state index is 4.73. The fourth-order valence-electron chi connectivity index (χ4n) is 2.79. The van der Waals surface area contributed by atoms with Gasteiger partial charge in [-0.3, -0.25) is 4.98 Å². The number of hydrogen-bond acceptors (Lipinski definition) is 3. The maximum atomic E-state index is 4.73. The second-order valence-electron chi connectivity index (χ2n) is 5.94. The summed E-state index contributed by atoms with van der Waals surface area (Å²) in [6.07, 6.45) is 4.92. The van der Waals surface area contributed by atoms with Gasteiger partial charge in [-0.2, -0.15) is 0 Å². The van der Waals surface area contributed by atoms with Crippen LogP contribution >= 0.6 is 11.8 Å². The zero-order valence-corrected chi connectivity index (χ0v) is 14.9. The predicted molar refractivity (Wildman–Crippen MR) is 106 cm³/mol. The molecule has 0 aliphatic carbocycles. The summed E-state index contributed by atoms with van der Waals surface area (Å²) in [6, 6.07) is 18.8. The first-order valence-electron chi connectivity index (χ1n) is 8.47. The number of pyridine rings is 1. The van der Waals surface area contributed by atoms with Crippen molar-refractivity contribution >= 4 is 22.8 Å². The van der Waals surface area contributed by atoms with Gasteiger partial charge in [0.2, 0.25) is 0 Å². The molecule has 2 aromatic heterocycles. The SMILES string of the molecule is CCCSc1ccc2nc(-c3cncc(-c4ccccc4)c3)[nH]c2c1. The van der Waals surface area contributed by atoms with E-state index in [4.69, 9.17) is 4.98 Å². The minimum Gasteiger partial charge on any atom is -0.338 e. The summed E-state index contributed by atoms with van der Waals surface area (Å²) in [4.78, 5) is 13.9. The Labute approximate surface area is 151 Å². The minimum atomic E-state index is 0.859. The van der Waals surface area contributed by atoms with Gasteiger partial charge in [0.15, 0.2) is 0 Å². The van der Waals surface area contributed by atoms with Crippen molar-refractivity contribution in [3.8, 4) is 22.5 Å². The van der Waals surface area contributed by atoms with E-state index in [9.17, 15) is 0 Å². The molecular formula is C21H19N3S. The Morgan fingerprint density at radius 1 is 0.920 bits per heavy atom. The van der Waals surface area contributed by atoms with E-state index in [1.165, 1.54) is 11.3 Å². The van der Waals surface area contributed by atoms with E-state index >= 15 is 0 Å². The average molecular weight is 345 g/mol. The molecule has 0 spiro atoms. The lowest BCUT2D eigenvalue weighted by atomic mass is 10.1. The number of H-pyrrole nitrogens is 1. The number of rotatable bonds is 5. The third kappa shape index (κ3) is 3.44. The maximum Gasteiger partial charge on any atom is 0.140 e. The molecule has 0 fully saturated rings. The highest BCUT2D eigenvalue weighted by Crippen LogP contribution is 2.27. The summed E-state index contributed by atoms with van der Waals surface area (Å²) >= 11 is 1.88. The molecule has 4 heteroatoms. The highest BCUT2D eigenvalue weighted by molar-refractivity contribution is 7.99. The lowest BCUT2D eigenvalue weighted by molar-refractivity contribution is 1.10. The number of imidazole rings is 1. The molecule has 4 rings (SSSR count). The van der Waals surface area contributed by atoms with Crippen molar-refractivity contribution in [2.45, 2.75) is 18.2 Å². The van der Waals surface area contributed by atoms with E-state index in [0.29, 0.717) is 0 Å². The van der Waals surface area contributed by atoms with E-state index in [-0.39, 0.29) is 0 Å². The van der Waals surface area contributed by atoms with Crippen molar-refractivity contribution in [1.29, 1.82) is 0 Å². The van der Waals surface area contributed by atoms with Crippen LogP contribution in [-0.4, -0.2) is 20.7 Å². The van der Waals surface area contributed by atoms with Crippen LogP contribution in [0.1, 0.15) is 13.3 Å². The van der Waals surface area contributed by atoms with Gasteiger partial charge in [-0.1, -0.05) is 37.3 Å². The van der Waals surface area contributed by atoms with Crippen LogP contribution in [0.5, 0.6) is 0 Å². The van der Waals surface area contributed by atoms with Crippen LogP contribution < -0.4 is 0 Å². The van der Waals surface area contributed by atoms with Gasteiger partial charge in [0, 0.05) is 28.4 Å².